The minimum absolute atomic E-state index is 0.344. The molecule has 0 unspecified atom stereocenters. The van der Waals surface area contributed by atoms with Crippen LogP contribution in [-0.2, 0) is 4.79 Å². The molecule has 0 atom stereocenters. The smallest absolute Gasteiger partial charge is 0.135 e. The highest BCUT2D eigenvalue weighted by atomic mass is 16.1. The van der Waals surface area contributed by atoms with Gasteiger partial charge in [-0.05, 0) is 13.1 Å². The molecule has 0 bridgehead atoms. The average Bonchev–Trinajstić information content (AvgIpc) is 2.06. The van der Waals surface area contributed by atoms with E-state index in [4.69, 9.17) is 0 Å². The Labute approximate surface area is 74.9 Å². The first-order valence-electron chi connectivity index (χ1n) is 4.74. The fourth-order valence-corrected chi connectivity index (χ4v) is 0.934. The van der Waals surface area contributed by atoms with Gasteiger partial charge < -0.3 is 10.6 Å². The van der Waals surface area contributed by atoms with Crippen molar-refractivity contribution in [1.29, 1.82) is 0 Å². The van der Waals surface area contributed by atoms with Crippen molar-refractivity contribution in [1.82, 2.24) is 10.6 Å². The third-order valence-corrected chi connectivity index (χ3v) is 1.66. The molecule has 0 saturated heterocycles. The molecule has 0 saturated carbocycles. The summed E-state index contributed by atoms with van der Waals surface area (Å²) >= 11 is 0. The molecule has 0 aromatic heterocycles. The predicted molar refractivity (Wildman–Crippen MR) is 51.3 cm³/mol. The molecule has 3 heteroatoms. The van der Waals surface area contributed by atoms with Crippen molar-refractivity contribution in [3.63, 3.8) is 0 Å². The van der Waals surface area contributed by atoms with Crippen LogP contribution in [0.2, 0.25) is 0 Å². The standard InChI is InChI=1S/C9H20N2O/c1-3-10-7-5-9(12)6-8-11-4-2/h10-11H,3-8H2,1-2H3. The summed E-state index contributed by atoms with van der Waals surface area (Å²) < 4.78 is 0. The Morgan fingerprint density at radius 2 is 1.42 bits per heavy atom. The minimum atomic E-state index is 0.344. The van der Waals surface area contributed by atoms with Gasteiger partial charge in [0.05, 0.1) is 0 Å². The summed E-state index contributed by atoms with van der Waals surface area (Å²) in [7, 11) is 0. The Morgan fingerprint density at radius 1 is 1.00 bits per heavy atom. The molecule has 0 radical (unpaired) electrons. The van der Waals surface area contributed by atoms with Gasteiger partial charge in [-0.2, -0.15) is 0 Å². The van der Waals surface area contributed by atoms with E-state index in [1.807, 2.05) is 13.8 Å². The van der Waals surface area contributed by atoms with Crippen molar-refractivity contribution in [3.05, 3.63) is 0 Å². The van der Waals surface area contributed by atoms with Gasteiger partial charge in [-0.15, -0.1) is 0 Å². The van der Waals surface area contributed by atoms with E-state index < -0.39 is 0 Å². The topological polar surface area (TPSA) is 41.1 Å². The van der Waals surface area contributed by atoms with Crippen LogP contribution in [0.1, 0.15) is 26.7 Å². The lowest BCUT2D eigenvalue weighted by Gasteiger charge is -2.01. The van der Waals surface area contributed by atoms with E-state index in [1.165, 1.54) is 0 Å². The Kier molecular flexibility index (Phi) is 8.39. The van der Waals surface area contributed by atoms with Crippen molar-refractivity contribution in [2.45, 2.75) is 26.7 Å². The van der Waals surface area contributed by atoms with Crippen LogP contribution in [0.5, 0.6) is 0 Å². The number of hydrogen-bond acceptors (Lipinski definition) is 3. The quantitative estimate of drug-likeness (QED) is 0.525. The third-order valence-electron chi connectivity index (χ3n) is 1.66. The number of nitrogens with one attached hydrogen (secondary N) is 2. The van der Waals surface area contributed by atoms with Gasteiger partial charge in [0.2, 0.25) is 0 Å². The molecule has 0 fully saturated rings. The van der Waals surface area contributed by atoms with Crippen molar-refractivity contribution in [2.75, 3.05) is 26.2 Å². The van der Waals surface area contributed by atoms with Crippen LogP contribution in [-0.4, -0.2) is 32.0 Å². The summed E-state index contributed by atoms with van der Waals surface area (Å²) in [4.78, 5) is 11.1. The highest BCUT2D eigenvalue weighted by Gasteiger charge is 1.99. The van der Waals surface area contributed by atoms with E-state index in [0.717, 1.165) is 26.2 Å². The molecule has 0 aliphatic rings. The summed E-state index contributed by atoms with van der Waals surface area (Å²) in [5.41, 5.74) is 0. The zero-order chi connectivity index (χ0) is 9.23. The van der Waals surface area contributed by atoms with E-state index in [9.17, 15) is 4.79 Å². The number of hydrogen-bond donors (Lipinski definition) is 2. The van der Waals surface area contributed by atoms with Crippen LogP contribution in [0, 0.1) is 0 Å². The molecule has 72 valence electrons. The summed E-state index contributed by atoms with van der Waals surface area (Å²) in [6, 6.07) is 0. The summed E-state index contributed by atoms with van der Waals surface area (Å²) in [5.74, 6) is 0.344. The Morgan fingerprint density at radius 3 is 1.75 bits per heavy atom. The Bertz CT molecular complexity index is 103. The number of carbonyl (C=O) groups is 1. The predicted octanol–water partition coefficient (Wildman–Crippen LogP) is 0.555. The molecular weight excluding hydrogens is 152 g/mol. The summed E-state index contributed by atoms with van der Waals surface area (Å²) in [6.45, 7) is 7.62. The Balaban J connectivity index is 3.10. The van der Waals surface area contributed by atoms with Gasteiger partial charge in [-0.25, -0.2) is 0 Å². The molecule has 0 aromatic carbocycles. The minimum Gasteiger partial charge on any atom is -0.317 e. The van der Waals surface area contributed by atoms with Crippen LogP contribution < -0.4 is 10.6 Å². The molecule has 0 aromatic rings. The number of carbonyl (C=O) groups excluding carboxylic acids is 1. The largest absolute Gasteiger partial charge is 0.317 e. The van der Waals surface area contributed by atoms with Gasteiger partial charge >= 0.3 is 0 Å². The van der Waals surface area contributed by atoms with Gasteiger partial charge in [0.15, 0.2) is 0 Å². The van der Waals surface area contributed by atoms with E-state index >= 15 is 0 Å². The zero-order valence-corrected chi connectivity index (χ0v) is 8.15. The first-order chi connectivity index (χ1) is 5.81. The molecule has 0 heterocycles. The SMILES string of the molecule is CCNCCC(=O)CCNCC. The molecular formula is C9H20N2O. The lowest BCUT2D eigenvalue weighted by molar-refractivity contribution is -0.118. The van der Waals surface area contributed by atoms with Crippen LogP contribution in [0.15, 0.2) is 0 Å². The highest BCUT2D eigenvalue weighted by molar-refractivity contribution is 5.78. The summed E-state index contributed by atoms with van der Waals surface area (Å²) in [5, 5.41) is 6.26. The monoisotopic (exact) mass is 172 g/mol. The van der Waals surface area contributed by atoms with Gasteiger partial charge in [-0.1, -0.05) is 13.8 Å². The molecule has 0 rings (SSSR count). The first-order valence-corrected chi connectivity index (χ1v) is 4.74. The van der Waals surface area contributed by atoms with Crippen LogP contribution in [0.3, 0.4) is 0 Å². The molecule has 0 aliphatic carbocycles. The number of rotatable bonds is 8. The number of Topliss-reactive ketones (excluding diaryl/α,β-unsaturated/α-hetero) is 1. The van der Waals surface area contributed by atoms with Crippen LogP contribution in [0.25, 0.3) is 0 Å². The average molecular weight is 172 g/mol. The summed E-state index contributed by atoms with van der Waals surface area (Å²) in [6.07, 6.45) is 1.33. The van der Waals surface area contributed by atoms with E-state index in [1.54, 1.807) is 0 Å². The normalized spacial score (nSPS) is 10.2. The van der Waals surface area contributed by atoms with Crippen molar-refractivity contribution >= 4 is 5.78 Å². The van der Waals surface area contributed by atoms with E-state index in [2.05, 4.69) is 10.6 Å². The van der Waals surface area contributed by atoms with Crippen LogP contribution in [0.4, 0.5) is 0 Å². The van der Waals surface area contributed by atoms with Gasteiger partial charge in [-0.3, -0.25) is 4.79 Å². The lowest BCUT2D eigenvalue weighted by atomic mass is 10.2. The van der Waals surface area contributed by atoms with E-state index in [-0.39, 0.29) is 0 Å². The fourth-order valence-electron chi connectivity index (χ4n) is 0.934. The maximum absolute atomic E-state index is 11.1. The maximum atomic E-state index is 11.1. The molecule has 2 N–H and O–H groups in total. The first kappa shape index (κ1) is 11.6. The second kappa shape index (κ2) is 8.68. The van der Waals surface area contributed by atoms with Gasteiger partial charge in [0, 0.05) is 25.9 Å². The third kappa shape index (κ3) is 7.69. The molecule has 0 amide bonds. The van der Waals surface area contributed by atoms with Gasteiger partial charge in [0.25, 0.3) is 0 Å². The van der Waals surface area contributed by atoms with Crippen molar-refractivity contribution in [2.24, 2.45) is 0 Å². The Hall–Kier alpha value is -0.410. The number of ketones is 1. The van der Waals surface area contributed by atoms with E-state index in [0.29, 0.717) is 18.6 Å². The molecule has 0 aliphatic heterocycles. The lowest BCUT2D eigenvalue weighted by Crippen LogP contribution is -2.21. The second-order valence-electron chi connectivity index (χ2n) is 2.75. The molecule has 0 spiro atoms. The van der Waals surface area contributed by atoms with Gasteiger partial charge in [0.1, 0.15) is 5.78 Å². The zero-order valence-electron chi connectivity index (χ0n) is 8.15. The fraction of sp³-hybridized carbons (Fsp3) is 0.889. The highest BCUT2D eigenvalue weighted by Crippen LogP contribution is 1.86. The van der Waals surface area contributed by atoms with Crippen molar-refractivity contribution < 1.29 is 4.79 Å². The molecule has 12 heavy (non-hydrogen) atoms. The van der Waals surface area contributed by atoms with Crippen LogP contribution >= 0.6 is 0 Å². The van der Waals surface area contributed by atoms with Crippen molar-refractivity contribution in [3.8, 4) is 0 Å². The second-order valence-corrected chi connectivity index (χ2v) is 2.75. The molecule has 3 nitrogen and oxygen atoms in total. The maximum Gasteiger partial charge on any atom is 0.135 e.